The first-order valence-electron chi connectivity index (χ1n) is 23.7. The molecule has 10 nitrogen and oxygen atoms in total. The largest absolute Gasteiger partial charge is 0.465 e. The molecule has 5 aliphatic heterocycles. The maximum atomic E-state index is 14.1. The second-order valence-corrected chi connectivity index (χ2v) is 18.1. The number of rotatable bonds is 26. The summed E-state index contributed by atoms with van der Waals surface area (Å²) in [6, 6.07) is 0.408. The summed E-state index contributed by atoms with van der Waals surface area (Å²) in [6.07, 6.45) is 34.8. The van der Waals surface area contributed by atoms with Gasteiger partial charge in [-0.1, -0.05) is 96.1 Å². The second kappa shape index (κ2) is 23.5. The van der Waals surface area contributed by atoms with Gasteiger partial charge in [-0.25, -0.2) is 10.6 Å². The Bertz CT molecular complexity index is 1260. The normalized spacial score (nSPS) is 30.2. The zero-order valence-electron chi connectivity index (χ0n) is 35.7. The molecule has 0 aliphatic carbocycles. The SMILES string of the molecule is CC[C@H]1C=CCC[C@@]2(C[C@@H]3CC[C@@H]4[C@H](C(=O)OCCCCCCCCCCCCCCCC(=O)C(CCCN)CCCCN)[C@]5(CCC[C@@H](C)O5)NC(=[N+]34)N2)O1. The first kappa shape index (κ1) is 45.1. The number of carbonyl (C=O) groups excluding carboxylic acids is 2. The van der Waals surface area contributed by atoms with E-state index in [1.807, 2.05) is 0 Å². The van der Waals surface area contributed by atoms with Crippen LogP contribution in [-0.4, -0.2) is 77.7 Å². The highest BCUT2D eigenvalue weighted by Crippen LogP contribution is 2.45. The molecular formula is C46H82N5O5+. The maximum absolute atomic E-state index is 14.1. The summed E-state index contributed by atoms with van der Waals surface area (Å²) in [5.41, 5.74) is 10.2. The number of guanidine groups is 1. The number of allylic oxidation sites excluding steroid dienone is 1. The van der Waals surface area contributed by atoms with Gasteiger partial charge in [0, 0.05) is 31.6 Å². The third-order valence-corrected chi connectivity index (χ3v) is 13.6. The Labute approximate surface area is 340 Å². The molecule has 0 saturated carbocycles. The molecule has 0 aromatic carbocycles. The summed E-state index contributed by atoms with van der Waals surface area (Å²) >= 11 is 0. The van der Waals surface area contributed by atoms with Gasteiger partial charge in [-0.15, -0.1) is 0 Å². The van der Waals surface area contributed by atoms with Crippen molar-refractivity contribution in [2.75, 3.05) is 19.7 Å². The average Bonchev–Trinajstić information content (AvgIpc) is 3.49. The van der Waals surface area contributed by atoms with E-state index in [4.69, 9.17) is 25.7 Å². The lowest BCUT2D eigenvalue weighted by molar-refractivity contribution is -0.609. The van der Waals surface area contributed by atoms with Crippen LogP contribution in [0.25, 0.3) is 0 Å². The van der Waals surface area contributed by atoms with Crippen molar-refractivity contribution >= 4 is 17.7 Å². The van der Waals surface area contributed by atoms with E-state index in [-0.39, 0.29) is 36.1 Å². The molecule has 0 aromatic rings. The number of unbranched alkanes of at least 4 members (excludes halogenated alkanes) is 13. The Morgan fingerprint density at radius 3 is 2.20 bits per heavy atom. The monoisotopic (exact) mass is 785 g/mol. The number of esters is 1. The molecule has 1 unspecified atom stereocenters. The molecule has 0 aromatic heterocycles. The van der Waals surface area contributed by atoms with Gasteiger partial charge in [-0.2, -0.15) is 0 Å². The van der Waals surface area contributed by atoms with Crippen molar-refractivity contribution in [1.82, 2.24) is 10.6 Å². The van der Waals surface area contributed by atoms with Crippen LogP contribution in [0.2, 0.25) is 0 Å². The highest BCUT2D eigenvalue weighted by molar-refractivity contribution is 5.82. The fourth-order valence-electron chi connectivity index (χ4n) is 10.6. The minimum Gasteiger partial charge on any atom is -0.465 e. The first-order chi connectivity index (χ1) is 27.3. The van der Waals surface area contributed by atoms with Gasteiger partial charge < -0.3 is 25.7 Å². The molecule has 0 radical (unpaired) electrons. The molecule has 56 heavy (non-hydrogen) atoms. The smallest absolute Gasteiger partial charge is 0.350 e. The maximum Gasteiger partial charge on any atom is 0.350 e. The van der Waals surface area contributed by atoms with E-state index in [1.54, 1.807) is 0 Å². The molecule has 8 atom stereocenters. The van der Waals surface area contributed by atoms with Crippen LogP contribution in [0, 0.1) is 11.8 Å². The van der Waals surface area contributed by atoms with Crippen LogP contribution in [-0.2, 0) is 23.8 Å². The number of nitrogens with zero attached hydrogens (tertiary/aromatic N) is 1. The van der Waals surface area contributed by atoms with Crippen LogP contribution in [0.5, 0.6) is 0 Å². The molecule has 5 heterocycles. The summed E-state index contributed by atoms with van der Waals surface area (Å²) in [5, 5.41) is 7.68. The molecule has 2 saturated heterocycles. The van der Waals surface area contributed by atoms with E-state index in [1.165, 1.54) is 64.2 Å². The van der Waals surface area contributed by atoms with E-state index in [2.05, 4.69) is 41.2 Å². The van der Waals surface area contributed by atoms with Crippen molar-refractivity contribution in [1.29, 1.82) is 0 Å². The van der Waals surface area contributed by atoms with E-state index in [0.29, 0.717) is 31.5 Å². The first-order valence-corrected chi connectivity index (χ1v) is 23.7. The zero-order chi connectivity index (χ0) is 39.6. The van der Waals surface area contributed by atoms with Crippen molar-refractivity contribution in [3.8, 4) is 0 Å². The van der Waals surface area contributed by atoms with E-state index < -0.39 is 11.4 Å². The number of hydrogen-bond donors (Lipinski definition) is 4. The Morgan fingerprint density at radius 2 is 1.52 bits per heavy atom. The van der Waals surface area contributed by atoms with Crippen molar-refractivity contribution in [3.05, 3.63) is 12.2 Å². The molecule has 10 heteroatoms. The van der Waals surface area contributed by atoms with Gasteiger partial charge in [-0.05, 0) is 97.1 Å². The number of carbonyl (C=O) groups is 2. The minimum absolute atomic E-state index is 0.0712. The van der Waals surface area contributed by atoms with Gasteiger partial charge in [0.05, 0.1) is 30.9 Å². The highest BCUT2D eigenvalue weighted by atomic mass is 16.6. The number of ketones is 1. The van der Waals surface area contributed by atoms with Crippen molar-refractivity contribution in [2.24, 2.45) is 23.3 Å². The summed E-state index contributed by atoms with van der Waals surface area (Å²) in [6.45, 7) is 6.21. The van der Waals surface area contributed by atoms with E-state index in [0.717, 1.165) is 122 Å². The molecule has 320 valence electrons. The summed E-state index contributed by atoms with van der Waals surface area (Å²) in [5.74, 6) is 1.20. The molecule has 2 spiro atoms. The second-order valence-electron chi connectivity index (χ2n) is 18.1. The van der Waals surface area contributed by atoms with Crippen molar-refractivity contribution < 1.29 is 28.4 Å². The third kappa shape index (κ3) is 12.7. The Hall–Kier alpha value is -2.01. The van der Waals surface area contributed by atoms with Crippen molar-refractivity contribution in [2.45, 2.75) is 229 Å². The highest BCUT2D eigenvalue weighted by Gasteiger charge is 2.64. The molecule has 0 amide bonds. The molecule has 0 bridgehead atoms. The number of Topliss-reactive ketones (excluding diaryl/α,β-unsaturated/α-hetero) is 1. The number of nitrogens with one attached hydrogen (secondary N) is 2. The molecule has 6 N–H and O–H groups in total. The van der Waals surface area contributed by atoms with Gasteiger partial charge in [0.2, 0.25) is 5.72 Å². The fraction of sp³-hybridized carbons (Fsp3) is 0.891. The lowest BCUT2D eigenvalue weighted by Crippen LogP contribution is -2.76. The number of ether oxygens (including phenoxy) is 3. The van der Waals surface area contributed by atoms with Crippen LogP contribution < -0.4 is 22.1 Å². The topological polar surface area (TPSA) is 141 Å². The quantitative estimate of drug-likeness (QED) is 0.0295. The van der Waals surface area contributed by atoms with E-state index in [9.17, 15) is 9.59 Å². The molecule has 2 fully saturated rings. The zero-order valence-corrected chi connectivity index (χ0v) is 35.7. The van der Waals surface area contributed by atoms with Gasteiger partial charge in [0.1, 0.15) is 5.78 Å². The minimum atomic E-state index is -0.752. The average molecular weight is 785 g/mol. The number of hydrogen-bond acceptors (Lipinski definition) is 9. The van der Waals surface area contributed by atoms with Crippen molar-refractivity contribution in [3.63, 3.8) is 0 Å². The summed E-state index contributed by atoms with van der Waals surface area (Å²) in [7, 11) is 0. The number of nitrogens with two attached hydrogens (primary N) is 2. The summed E-state index contributed by atoms with van der Waals surface area (Å²) in [4.78, 5) is 26.8. The lowest BCUT2D eigenvalue weighted by atomic mass is 9.80. The van der Waals surface area contributed by atoms with Gasteiger partial charge >= 0.3 is 11.9 Å². The van der Waals surface area contributed by atoms with Crippen LogP contribution in [0.1, 0.15) is 194 Å². The van der Waals surface area contributed by atoms with Gasteiger partial charge in [0.15, 0.2) is 11.6 Å². The van der Waals surface area contributed by atoms with Gasteiger partial charge in [0.25, 0.3) is 0 Å². The van der Waals surface area contributed by atoms with Crippen LogP contribution in [0.3, 0.4) is 0 Å². The van der Waals surface area contributed by atoms with Crippen LogP contribution in [0.4, 0.5) is 0 Å². The third-order valence-electron chi connectivity index (χ3n) is 13.6. The molecular weight excluding hydrogens is 703 g/mol. The summed E-state index contributed by atoms with van der Waals surface area (Å²) < 4.78 is 22.2. The Balaban J connectivity index is 0.944. The predicted octanol–water partition coefficient (Wildman–Crippen LogP) is 8.28. The van der Waals surface area contributed by atoms with Gasteiger partial charge in [-0.3, -0.25) is 14.2 Å². The fourth-order valence-corrected chi connectivity index (χ4v) is 10.6. The molecule has 5 rings (SSSR count). The predicted molar refractivity (Wildman–Crippen MR) is 225 cm³/mol. The van der Waals surface area contributed by atoms with Crippen LogP contribution >= 0.6 is 0 Å². The molecule has 5 aliphatic rings. The lowest BCUT2D eigenvalue weighted by Gasteiger charge is -2.50. The standard InChI is InChI=1S/C46H81N5O5/c1-3-39-26-16-18-30-45(56-39)35-38-28-29-40-42(46(31-21-23-36(2)55-46)50-44(49-45)51(38)40)43(53)54-34-20-14-12-10-8-6-4-5-7-9-11-13-15-27-41(52)37(25-22-33-48)24-17-19-32-47/h16,26,36-40,42H,3-15,17-25,27-35,47-48H2,1-2H3,(H,49,50)/p+1/t36-,37?,38+,39+,40-,42-,45+,46-/m1/s1. The Morgan fingerprint density at radius 1 is 0.839 bits per heavy atom. The Kier molecular flexibility index (Phi) is 19.0. The van der Waals surface area contributed by atoms with Crippen LogP contribution in [0.15, 0.2) is 12.2 Å². The van der Waals surface area contributed by atoms with E-state index >= 15 is 0 Å².